The van der Waals surface area contributed by atoms with Crippen LogP contribution in [0.4, 0.5) is 9.59 Å². The Hall–Kier alpha value is -4.34. The second-order valence-corrected chi connectivity index (χ2v) is 12.9. The number of nitrogens with one attached hydrogen (secondary N) is 2. The molecule has 2 N–H and O–H groups in total. The van der Waals surface area contributed by atoms with E-state index in [-0.39, 0.29) is 13.2 Å². The van der Waals surface area contributed by atoms with Gasteiger partial charge < -0.3 is 29.6 Å². The molecule has 0 heterocycles. The zero-order valence-corrected chi connectivity index (χ0v) is 27.8. The molecule has 2 saturated carbocycles. The van der Waals surface area contributed by atoms with Crippen LogP contribution >= 0.6 is 0 Å². The standard InChI is InChI=1S/C38H50N2O8/c41-35(45-27-33(23-29-13-5-1-6-14-29)39-37(43)47-25-31-17-9-3-10-18-31)21-22-36(42)46-28-34(24-30-15-7-2-8-16-30)40-38(44)48-26-32-19-11-4-12-20-32/h1-2,5-8,13-16,21-22,31-34H,3-4,9-12,17-20,23-28H2,(H,39,43)(H,40,44)/b22-21+/t33-,34-/m0/s1. The third-order valence-corrected chi connectivity index (χ3v) is 8.85. The first-order valence-corrected chi connectivity index (χ1v) is 17.4. The fourth-order valence-corrected chi connectivity index (χ4v) is 6.21. The van der Waals surface area contributed by atoms with Crippen LogP contribution in [0.15, 0.2) is 72.8 Å². The van der Waals surface area contributed by atoms with Crippen molar-refractivity contribution in [2.45, 2.75) is 89.1 Å². The molecule has 2 fully saturated rings. The Labute approximate surface area is 283 Å². The number of benzene rings is 2. The van der Waals surface area contributed by atoms with E-state index in [0.717, 1.165) is 74.6 Å². The van der Waals surface area contributed by atoms with Gasteiger partial charge in [0.25, 0.3) is 0 Å². The maximum atomic E-state index is 12.6. The Kier molecular flexibility index (Phi) is 15.8. The van der Waals surface area contributed by atoms with Crippen LogP contribution in [0, 0.1) is 11.8 Å². The molecule has 10 nitrogen and oxygen atoms in total. The maximum absolute atomic E-state index is 12.6. The lowest BCUT2D eigenvalue weighted by atomic mass is 9.90. The van der Waals surface area contributed by atoms with Gasteiger partial charge in [-0.1, -0.05) is 99.2 Å². The lowest BCUT2D eigenvalue weighted by molar-refractivity contribution is -0.141. The van der Waals surface area contributed by atoms with Gasteiger partial charge in [-0.25, -0.2) is 19.2 Å². The quantitative estimate of drug-likeness (QED) is 0.119. The molecule has 260 valence electrons. The van der Waals surface area contributed by atoms with Gasteiger partial charge >= 0.3 is 24.1 Å². The molecule has 2 aromatic rings. The zero-order chi connectivity index (χ0) is 33.8. The minimum Gasteiger partial charge on any atom is -0.460 e. The molecule has 0 aliphatic heterocycles. The van der Waals surface area contributed by atoms with Gasteiger partial charge in [0.15, 0.2) is 0 Å². The summed E-state index contributed by atoms with van der Waals surface area (Å²) in [6.45, 7) is 0.519. The number of carbonyl (C=O) groups is 4. The summed E-state index contributed by atoms with van der Waals surface area (Å²) in [5, 5.41) is 5.64. The molecule has 0 aromatic heterocycles. The van der Waals surface area contributed by atoms with Gasteiger partial charge in [-0.15, -0.1) is 0 Å². The van der Waals surface area contributed by atoms with Gasteiger partial charge in [-0.2, -0.15) is 0 Å². The highest BCUT2D eigenvalue weighted by Gasteiger charge is 2.21. The van der Waals surface area contributed by atoms with E-state index in [4.69, 9.17) is 18.9 Å². The molecule has 0 unspecified atom stereocenters. The molecule has 10 heteroatoms. The first-order valence-electron chi connectivity index (χ1n) is 17.4. The predicted octanol–water partition coefficient (Wildman–Crippen LogP) is 6.46. The average Bonchev–Trinajstić information content (AvgIpc) is 3.12. The number of carbonyl (C=O) groups excluding carboxylic acids is 4. The van der Waals surface area contributed by atoms with E-state index in [9.17, 15) is 19.2 Å². The van der Waals surface area contributed by atoms with Crippen molar-refractivity contribution in [3.8, 4) is 0 Å². The Morgan fingerprint density at radius 1 is 0.562 bits per heavy atom. The van der Waals surface area contributed by atoms with E-state index in [2.05, 4.69) is 10.6 Å². The SMILES string of the molecule is O=C(/C=C/C(=O)OC[C@H](Cc1ccccc1)NC(=O)OCC1CCCCC1)OC[C@H](Cc1ccccc1)NC(=O)OCC1CCCCC1. The van der Waals surface area contributed by atoms with Crippen molar-refractivity contribution in [2.24, 2.45) is 11.8 Å². The minimum atomic E-state index is -0.757. The largest absolute Gasteiger partial charge is 0.460 e. The lowest BCUT2D eigenvalue weighted by Gasteiger charge is -2.23. The molecule has 2 amide bonds. The summed E-state index contributed by atoms with van der Waals surface area (Å²) in [4.78, 5) is 50.2. The Morgan fingerprint density at radius 2 is 0.938 bits per heavy atom. The minimum absolute atomic E-state index is 0.113. The molecule has 0 radical (unpaired) electrons. The smallest absolute Gasteiger partial charge is 0.407 e. The van der Waals surface area contributed by atoms with E-state index in [0.29, 0.717) is 37.9 Å². The number of hydrogen-bond donors (Lipinski definition) is 2. The van der Waals surface area contributed by atoms with Crippen LogP contribution in [0.5, 0.6) is 0 Å². The van der Waals surface area contributed by atoms with Crippen molar-refractivity contribution >= 4 is 24.1 Å². The van der Waals surface area contributed by atoms with Crippen molar-refractivity contribution in [1.82, 2.24) is 10.6 Å². The van der Waals surface area contributed by atoms with Gasteiger partial charge in [0.05, 0.1) is 25.3 Å². The van der Waals surface area contributed by atoms with Crippen LogP contribution < -0.4 is 10.6 Å². The fraction of sp³-hybridized carbons (Fsp3) is 0.526. The molecule has 0 saturated heterocycles. The lowest BCUT2D eigenvalue weighted by Crippen LogP contribution is -2.41. The molecule has 2 aliphatic carbocycles. The van der Waals surface area contributed by atoms with Crippen LogP contribution in [-0.4, -0.2) is 62.6 Å². The number of amides is 2. The number of ether oxygens (including phenoxy) is 4. The van der Waals surface area contributed by atoms with Crippen molar-refractivity contribution in [1.29, 1.82) is 0 Å². The summed E-state index contributed by atoms with van der Waals surface area (Å²) in [7, 11) is 0. The monoisotopic (exact) mass is 662 g/mol. The summed E-state index contributed by atoms with van der Waals surface area (Å²) >= 11 is 0. The second kappa shape index (κ2) is 20.8. The van der Waals surface area contributed by atoms with Gasteiger partial charge in [0.1, 0.15) is 13.2 Å². The molecule has 48 heavy (non-hydrogen) atoms. The van der Waals surface area contributed by atoms with Crippen LogP contribution in [-0.2, 0) is 41.4 Å². The molecule has 0 bridgehead atoms. The summed E-state index contributed by atoms with van der Waals surface area (Å²) in [6.07, 6.45) is 13.0. The van der Waals surface area contributed by atoms with Crippen molar-refractivity contribution < 1.29 is 38.1 Å². The number of esters is 2. The van der Waals surface area contributed by atoms with Crippen LogP contribution in [0.1, 0.15) is 75.3 Å². The molecule has 2 atom stereocenters. The van der Waals surface area contributed by atoms with E-state index < -0.39 is 36.2 Å². The molecule has 2 aliphatic rings. The van der Waals surface area contributed by atoms with Crippen molar-refractivity contribution in [2.75, 3.05) is 26.4 Å². The molecule has 0 spiro atoms. The van der Waals surface area contributed by atoms with E-state index >= 15 is 0 Å². The molecule has 4 rings (SSSR count). The summed E-state index contributed by atoms with van der Waals surface area (Å²) in [5.74, 6) is -0.756. The van der Waals surface area contributed by atoms with Gasteiger partial charge in [-0.3, -0.25) is 0 Å². The second-order valence-electron chi connectivity index (χ2n) is 12.9. The maximum Gasteiger partial charge on any atom is 0.407 e. The zero-order valence-electron chi connectivity index (χ0n) is 27.8. The third kappa shape index (κ3) is 14.6. The van der Waals surface area contributed by atoms with Gasteiger partial charge in [-0.05, 0) is 61.5 Å². The number of alkyl carbamates (subject to hydrolysis) is 2. The van der Waals surface area contributed by atoms with Crippen LogP contribution in [0.2, 0.25) is 0 Å². The van der Waals surface area contributed by atoms with E-state index in [1.54, 1.807) is 0 Å². The Morgan fingerprint density at radius 3 is 1.31 bits per heavy atom. The average molecular weight is 663 g/mol. The first-order chi connectivity index (χ1) is 23.4. The molecular formula is C38H50N2O8. The number of rotatable bonds is 16. The number of hydrogen-bond acceptors (Lipinski definition) is 8. The molecule has 2 aromatic carbocycles. The van der Waals surface area contributed by atoms with Gasteiger partial charge in [0.2, 0.25) is 0 Å². The van der Waals surface area contributed by atoms with Crippen molar-refractivity contribution in [3.05, 3.63) is 83.9 Å². The third-order valence-electron chi connectivity index (χ3n) is 8.85. The van der Waals surface area contributed by atoms with Gasteiger partial charge in [0, 0.05) is 12.2 Å². The van der Waals surface area contributed by atoms with Crippen LogP contribution in [0.25, 0.3) is 0 Å². The normalized spacial score (nSPS) is 16.8. The first kappa shape index (κ1) is 36.5. The topological polar surface area (TPSA) is 129 Å². The van der Waals surface area contributed by atoms with Crippen molar-refractivity contribution in [3.63, 3.8) is 0 Å². The summed E-state index contributed by atoms with van der Waals surface area (Å²) < 4.78 is 21.7. The Balaban J connectivity index is 1.23. The highest BCUT2D eigenvalue weighted by molar-refractivity contribution is 5.91. The molecular weight excluding hydrogens is 612 g/mol. The predicted molar refractivity (Wildman–Crippen MR) is 181 cm³/mol. The van der Waals surface area contributed by atoms with Crippen LogP contribution in [0.3, 0.4) is 0 Å². The van der Waals surface area contributed by atoms with E-state index in [1.165, 1.54) is 12.8 Å². The van der Waals surface area contributed by atoms with E-state index in [1.807, 2.05) is 60.7 Å². The highest BCUT2D eigenvalue weighted by Crippen LogP contribution is 2.24. The highest BCUT2D eigenvalue weighted by atomic mass is 16.6. The Bertz CT molecular complexity index is 1190. The summed E-state index contributed by atoms with van der Waals surface area (Å²) in [5.41, 5.74) is 1.92. The fourth-order valence-electron chi connectivity index (χ4n) is 6.21. The summed E-state index contributed by atoms with van der Waals surface area (Å²) in [6, 6.07) is 18.0.